The lowest BCUT2D eigenvalue weighted by molar-refractivity contribution is -0.384. The maximum absolute atomic E-state index is 13.7. The van der Waals surface area contributed by atoms with Gasteiger partial charge in [-0.15, -0.1) is 10.2 Å². The quantitative estimate of drug-likeness (QED) is 0.348. The zero-order valence-electron chi connectivity index (χ0n) is 16.0. The number of rotatable bonds is 1. The van der Waals surface area contributed by atoms with E-state index in [-0.39, 0.29) is 18.2 Å². The Morgan fingerprint density at radius 2 is 2.13 bits per heavy atom. The van der Waals surface area contributed by atoms with E-state index < -0.39 is 40.6 Å². The molecule has 1 saturated heterocycles. The second kappa shape index (κ2) is 7.86. The molecule has 0 aliphatic carbocycles. The number of halogens is 4. The molecule has 1 unspecified atom stereocenters. The lowest BCUT2D eigenvalue weighted by Crippen LogP contribution is -2.42. The molecule has 0 aromatic carbocycles. The Morgan fingerprint density at radius 3 is 2.84 bits per heavy atom. The van der Waals surface area contributed by atoms with E-state index in [0.29, 0.717) is 23.3 Å². The van der Waals surface area contributed by atoms with Crippen molar-refractivity contribution in [2.45, 2.75) is 49.9 Å². The zero-order chi connectivity index (χ0) is 22.4. The third kappa shape index (κ3) is 3.80. The summed E-state index contributed by atoms with van der Waals surface area (Å²) in [5, 5.41) is 28.9. The summed E-state index contributed by atoms with van der Waals surface area (Å²) in [5.41, 5.74) is -4.26. The minimum Gasteiger partial charge on any atom is -0.415 e. The topological polar surface area (TPSA) is 118 Å². The van der Waals surface area contributed by atoms with Gasteiger partial charge in [0.25, 0.3) is 11.8 Å². The zero-order valence-corrected chi connectivity index (χ0v) is 17.6. The fourth-order valence-corrected chi connectivity index (χ4v) is 4.38. The van der Waals surface area contributed by atoms with Crippen molar-refractivity contribution in [3.05, 3.63) is 38.7 Å². The molecule has 0 saturated carbocycles. The molecule has 0 radical (unpaired) electrons. The number of nitrogens with zero attached hydrogens (tertiary/aromatic N) is 5. The lowest BCUT2D eigenvalue weighted by Gasteiger charge is -2.27. The second-order valence-corrected chi connectivity index (χ2v) is 8.28. The molecule has 31 heavy (non-hydrogen) atoms. The number of allylic oxidation sites excluding steroid dienone is 1. The molecule has 2 aromatic heterocycles. The molecular weight excluding hydrogens is 487 g/mol. The maximum Gasteiger partial charge on any atom is 0.426 e. The van der Waals surface area contributed by atoms with Crippen molar-refractivity contribution in [2.24, 2.45) is 0 Å². The van der Waals surface area contributed by atoms with Crippen molar-refractivity contribution in [2.75, 3.05) is 11.4 Å². The van der Waals surface area contributed by atoms with E-state index in [9.17, 15) is 28.4 Å². The number of anilines is 1. The molecule has 2 aliphatic heterocycles. The predicted molar refractivity (Wildman–Crippen MR) is 105 cm³/mol. The van der Waals surface area contributed by atoms with Crippen molar-refractivity contribution in [3.8, 4) is 11.6 Å². The van der Waals surface area contributed by atoms with Crippen molar-refractivity contribution >= 4 is 27.4 Å². The van der Waals surface area contributed by atoms with E-state index >= 15 is 0 Å². The average molecular weight is 504 g/mol. The largest absolute Gasteiger partial charge is 0.426 e. The van der Waals surface area contributed by atoms with Crippen LogP contribution in [-0.2, 0) is 5.60 Å². The van der Waals surface area contributed by atoms with Crippen LogP contribution in [0.3, 0.4) is 0 Å². The standard InChI is InChI=1S/C18H17BrF3N5O4/c19-11-9-12(27(29)30)13-15-24-25-16(31-15)17(28,18(20,21)22)7-3-1-2-5-10-6-4-8-26(10)14(11)23-13/h1-2,9-10,28H,3-8H2/t10-,17?/m1/s1. The smallest absolute Gasteiger partial charge is 0.415 e. The summed E-state index contributed by atoms with van der Waals surface area (Å²) in [5.74, 6) is -1.25. The number of nitro groups is 1. The van der Waals surface area contributed by atoms with Crippen LogP contribution in [0.2, 0.25) is 0 Å². The Balaban J connectivity index is 1.92. The van der Waals surface area contributed by atoms with Gasteiger partial charge in [-0.05, 0) is 48.0 Å². The number of hydrogen-bond donors (Lipinski definition) is 1. The number of hydrogen-bond acceptors (Lipinski definition) is 8. The molecule has 2 aliphatic rings. The molecule has 2 atom stereocenters. The van der Waals surface area contributed by atoms with Gasteiger partial charge >= 0.3 is 11.9 Å². The summed E-state index contributed by atoms with van der Waals surface area (Å²) in [6.45, 7) is 0.671. The van der Waals surface area contributed by atoms with Crippen molar-refractivity contribution in [1.82, 2.24) is 15.2 Å². The minimum absolute atomic E-state index is 0.0250. The third-order valence-electron chi connectivity index (χ3n) is 5.48. The Bertz CT molecular complexity index is 1040. The van der Waals surface area contributed by atoms with Crippen LogP contribution in [0.25, 0.3) is 11.6 Å². The van der Waals surface area contributed by atoms with E-state index in [1.165, 1.54) is 6.07 Å². The molecule has 9 nitrogen and oxygen atoms in total. The highest BCUT2D eigenvalue weighted by molar-refractivity contribution is 9.10. The van der Waals surface area contributed by atoms with Crippen LogP contribution in [0.15, 0.2) is 27.1 Å². The molecule has 4 bridgehead atoms. The van der Waals surface area contributed by atoms with Gasteiger partial charge in [0.15, 0.2) is 0 Å². The first kappa shape index (κ1) is 21.7. The predicted octanol–water partition coefficient (Wildman–Crippen LogP) is 4.26. The maximum atomic E-state index is 13.7. The van der Waals surface area contributed by atoms with Crippen LogP contribution in [-0.4, -0.2) is 44.0 Å². The molecule has 2 aromatic rings. The number of aliphatic hydroxyl groups is 1. The summed E-state index contributed by atoms with van der Waals surface area (Å²) < 4.78 is 46.6. The summed E-state index contributed by atoms with van der Waals surface area (Å²) in [7, 11) is 0. The summed E-state index contributed by atoms with van der Waals surface area (Å²) in [6, 6.07) is 1.24. The minimum atomic E-state index is -5.09. The van der Waals surface area contributed by atoms with E-state index in [4.69, 9.17) is 4.42 Å². The van der Waals surface area contributed by atoms with Crippen molar-refractivity contribution in [1.29, 1.82) is 0 Å². The summed E-state index contributed by atoms with van der Waals surface area (Å²) >= 11 is 3.32. The van der Waals surface area contributed by atoms with Gasteiger partial charge in [-0.1, -0.05) is 12.2 Å². The first-order valence-electron chi connectivity index (χ1n) is 9.52. The van der Waals surface area contributed by atoms with E-state index in [0.717, 1.165) is 12.8 Å². The highest BCUT2D eigenvalue weighted by atomic mass is 79.9. The fraction of sp³-hybridized carbons (Fsp3) is 0.500. The van der Waals surface area contributed by atoms with Gasteiger partial charge in [0.2, 0.25) is 11.3 Å². The normalized spacial score (nSPS) is 24.0. The molecule has 4 heterocycles. The van der Waals surface area contributed by atoms with Gasteiger partial charge in [-0.25, -0.2) is 4.98 Å². The van der Waals surface area contributed by atoms with Gasteiger partial charge in [-0.3, -0.25) is 10.1 Å². The Labute approximate surface area is 182 Å². The first-order chi connectivity index (χ1) is 14.6. The Morgan fingerprint density at radius 1 is 1.35 bits per heavy atom. The summed E-state index contributed by atoms with van der Waals surface area (Å²) in [6.07, 6.45) is -0.278. The van der Waals surface area contributed by atoms with Crippen LogP contribution in [0.4, 0.5) is 24.7 Å². The molecule has 4 rings (SSSR count). The van der Waals surface area contributed by atoms with Crippen LogP contribution < -0.4 is 4.90 Å². The highest BCUT2D eigenvalue weighted by Gasteiger charge is 2.58. The Hall–Kier alpha value is -2.54. The molecule has 0 spiro atoms. The monoisotopic (exact) mass is 503 g/mol. The van der Waals surface area contributed by atoms with Crippen LogP contribution in [0.5, 0.6) is 0 Å². The fourth-order valence-electron chi connectivity index (χ4n) is 3.85. The SMILES string of the molecule is O=[N+]([O-])c1cc(Br)c2nc1-c1nnc(o1)C(O)(C(F)(F)F)CCC=CC[C@@H]1CCCN21. The van der Waals surface area contributed by atoms with Gasteiger partial charge in [-0.2, -0.15) is 13.2 Å². The summed E-state index contributed by atoms with van der Waals surface area (Å²) in [4.78, 5) is 17.2. The van der Waals surface area contributed by atoms with Crippen molar-refractivity contribution < 1.29 is 27.6 Å². The van der Waals surface area contributed by atoms with Crippen LogP contribution in [0.1, 0.15) is 38.0 Å². The molecule has 166 valence electrons. The van der Waals surface area contributed by atoms with Gasteiger partial charge < -0.3 is 14.4 Å². The lowest BCUT2D eigenvalue weighted by atomic mass is 9.96. The average Bonchev–Trinajstić information content (AvgIpc) is 3.35. The van der Waals surface area contributed by atoms with Crippen LogP contribution in [0, 0.1) is 10.1 Å². The van der Waals surface area contributed by atoms with Crippen LogP contribution >= 0.6 is 15.9 Å². The third-order valence-corrected chi connectivity index (χ3v) is 6.06. The number of aromatic nitrogens is 3. The number of alkyl halides is 3. The molecule has 13 heteroatoms. The molecular formula is C18H17BrF3N5O4. The number of pyridine rings is 1. The molecule has 1 fully saturated rings. The van der Waals surface area contributed by atoms with E-state index in [2.05, 4.69) is 31.1 Å². The second-order valence-electron chi connectivity index (χ2n) is 7.42. The van der Waals surface area contributed by atoms with Gasteiger partial charge in [0.05, 0.1) is 9.40 Å². The van der Waals surface area contributed by atoms with E-state index in [1.807, 2.05) is 4.90 Å². The first-order valence-corrected chi connectivity index (χ1v) is 10.3. The molecule has 1 N–H and O–H groups in total. The van der Waals surface area contributed by atoms with Gasteiger partial charge in [0.1, 0.15) is 5.82 Å². The van der Waals surface area contributed by atoms with Gasteiger partial charge in [0, 0.05) is 18.7 Å². The van der Waals surface area contributed by atoms with E-state index in [1.54, 1.807) is 12.2 Å². The molecule has 0 amide bonds. The number of fused-ring (bicyclic) bond motifs is 7. The van der Waals surface area contributed by atoms with Crippen molar-refractivity contribution in [3.63, 3.8) is 0 Å². The highest BCUT2D eigenvalue weighted by Crippen LogP contribution is 2.44. The Kier molecular flexibility index (Phi) is 5.50.